The second-order valence-electron chi connectivity index (χ2n) is 5.98. The van der Waals surface area contributed by atoms with Crippen molar-refractivity contribution in [3.05, 3.63) is 51.7 Å². The number of nitrogens with zero attached hydrogens (tertiary/aromatic N) is 1. The third kappa shape index (κ3) is 5.68. The van der Waals surface area contributed by atoms with E-state index in [9.17, 15) is 13.2 Å². The number of nitrogens with one attached hydrogen (secondary N) is 2. The number of amides is 1. The summed E-state index contributed by atoms with van der Waals surface area (Å²) >= 11 is 1.56. The molecule has 25 heavy (non-hydrogen) atoms. The molecule has 0 fully saturated rings. The van der Waals surface area contributed by atoms with Gasteiger partial charge in [0.2, 0.25) is 10.0 Å². The van der Waals surface area contributed by atoms with Crippen molar-refractivity contribution < 1.29 is 13.2 Å². The van der Waals surface area contributed by atoms with Gasteiger partial charge in [-0.1, -0.05) is 26.0 Å². The second kappa shape index (κ2) is 7.79. The van der Waals surface area contributed by atoms with Crippen molar-refractivity contribution >= 4 is 38.7 Å². The zero-order valence-corrected chi connectivity index (χ0v) is 16.2. The molecular weight excluding hydrogens is 358 g/mol. The molecule has 6 nitrogen and oxygen atoms in total. The average molecular weight is 380 g/mol. The first-order chi connectivity index (χ1) is 11.7. The Morgan fingerprint density at radius 3 is 2.32 bits per heavy atom. The molecular formula is C17H21N3O3S2. The zero-order valence-electron chi connectivity index (χ0n) is 14.5. The first-order valence-electron chi connectivity index (χ1n) is 7.67. The van der Waals surface area contributed by atoms with E-state index in [2.05, 4.69) is 29.1 Å². The fourth-order valence-electron chi connectivity index (χ4n) is 2.03. The van der Waals surface area contributed by atoms with Gasteiger partial charge in [-0.05, 0) is 36.6 Å². The molecule has 1 aromatic carbocycles. The monoisotopic (exact) mass is 379 g/mol. The van der Waals surface area contributed by atoms with E-state index in [0.29, 0.717) is 22.9 Å². The topological polar surface area (TPSA) is 87.6 Å². The molecule has 0 spiro atoms. The molecule has 0 radical (unpaired) electrons. The molecule has 0 atom stereocenters. The van der Waals surface area contributed by atoms with Crippen molar-refractivity contribution in [2.75, 3.05) is 11.0 Å². The number of benzene rings is 1. The summed E-state index contributed by atoms with van der Waals surface area (Å²) < 4.78 is 24.8. The summed E-state index contributed by atoms with van der Waals surface area (Å²) in [7, 11) is -3.30. The molecule has 2 N–H and O–H groups in total. The minimum absolute atomic E-state index is 0.252. The molecule has 0 aliphatic heterocycles. The number of sulfonamides is 1. The Morgan fingerprint density at radius 1 is 1.16 bits per heavy atom. The van der Waals surface area contributed by atoms with E-state index in [4.69, 9.17) is 0 Å². The Kier molecular flexibility index (Phi) is 5.97. The molecule has 0 aliphatic rings. The SMILES string of the molecule is C/C(=N/NC(=O)c1csc(C(C)C)c1)c1ccc(NS(C)(=O)=O)cc1. The lowest BCUT2D eigenvalue weighted by Crippen LogP contribution is -2.18. The summed E-state index contributed by atoms with van der Waals surface area (Å²) in [6.45, 7) is 5.93. The van der Waals surface area contributed by atoms with Crippen LogP contribution in [-0.2, 0) is 10.0 Å². The first-order valence-corrected chi connectivity index (χ1v) is 10.4. The molecule has 1 heterocycles. The lowest BCUT2D eigenvalue weighted by molar-refractivity contribution is 0.0955. The minimum Gasteiger partial charge on any atom is -0.284 e. The normalized spacial score (nSPS) is 12.3. The molecule has 1 amide bonds. The van der Waals surface area contributed by atoms with Crippen molar-refractivity contribution in [1.29, 1.82) is 0 Å². The van der Waals surface area contributed by atoms with Crippen molar-refractivity contribution in [1.82, 2.24) is 5.43 Å². The number of hydrazone groups is 1. The maximum absolute atomic E-state index is 12.1. The standard InChI is InChI=1S/C17H21N3O3S2/c1-11(2)16-9-14(10-24-16)17(21)19-18-12(3)13-5-7-15(8-6-13)20-25(4,22)23/h5-11,20H,1-4H3,(H,19,21)/b18-12-. The van der Waals surface area contributed by atoms with Crippen LogP contribution in [0.2, 0.25) is 0 Å². The fraction of sp³-hybridized carbons (Fsp3) is 0.294. The molecule has 0 saturated heterocycles. The van der Waals surface area contributed by atoms with Crippen LogP contribution in [-0.4, -0.2) is 26.3 Å². The van der Waals surface area contributed by atoms with E-state index in [1.807, 2.05) is 11.4 Å². The highest BCUT2D eigenvalue weighted by atomic mass is 32.2. The number of rotatable bonds is 6. The quantitative estimate of drug-likeness (QED) is 0.596. The number of carbonyl (C=O) groups is 1. The molecule has 2 aromatic rings. The first kappa shape index (κ1) is 19.1. The Labute approximate surface area is 152 Å². The number of hydrogen-bond acceptors (Lipinski definition) is 5. The highest BCUT2D eigenvalue weighted by Crippen LogP contribution is 2.23. The maximum atomic E-state index is 12.1. The molecule has 0 aliphatic carbocycles. The van der Waals surface area contributed by atoms with E-state index >= 15 is 0 Å². The third-order valence-corrected chi connectivity index (χ3v) is 5.22. The van der Waals surface area contributed by atoms with E-state index in [0.717, 1.165) is 16.7 Å². The van der Waals surface area contributed by atoms with Crippen LogP contribution in [0.4, 0.5) is 5.69 Å². The number of anilines is 1. The third-order valence-electron chi connectivity index (χ3n) is 3.38. The highest BCUT2D eigenvalue weighted by molar-refractivity contribution is 7.92. The van der Waals surface area contributed by atoms with Gasteiger partial charge in [0.1, 0.15) is 0 Å². The van der Waals surface area contributed by atoms with E-state index < -0.39 is 10.0 Å². The average Bonchev–Trinajstić information content (AvgIpc) is 3.01. The largest absolute Gasteiger partial charge is 0.284 e. The van der Waals surface area contributed by atoms with Gasteiger partial charge in [-0.3, -0.25) is 9.52 Å². The Balaban J connectivity index is 2.04. The smallest absolute Gasteiger partial charge is 0.272 e. The van der Waals surface area contributed by atoms with Gasteiger partial charge >= 0.3 is 0 Å². The van der Waals surface area contributed by atoms with Gasteiger partial charge in [0.25, 0.3) is 5.91 Å². The second-order valence-corrected chi connectivity index (χ2v) is 8.67. The lowest BCUT2D eigenvalue weighted by Gasteiger charge is -2.06. The summed E-state index contributed by atoms with van der Waals surface area (Å²) in [5.41, 5.74) is 5.02. The van der Waals surface area contributed by atoms with Crippen LogP contribution in [0.3, 0.4) is 0 Å². The number of carbonyl (C=O) groups excluding carboxylic acids is 1. The van der Waals surface area contributed by atoms with E-state index in [-0.39, 0.29) is 5.91 Å². The van der Waals surface area contributed by atoms with Gasteiger partial charge in [-0.2, -0.15) is 5.10 Å². The van der Waals surface area contributed by atoms with Crippen molar-refractivity contribution in [2.24, 2.45) is 5.10 Å². The molecule has 0 saturated carbocycles. The molecule has 2 rings (SSSR count). The summed E-state index contributed by atoms with van der Waals surface area (Å²) in [4.78, 5) is 13.3. The van der Waals surface area contributed by atoms with Crippen molar-refractivity contribution in [3.63, 3.8) is 0 Å². The Morgan fingerprint density at radius 2 is 1.80 bits per heavy atom. The van der Waals surface area contributed by atoms with E-state index in [1.165, 1.54) is 0 Å². The molecule has 1 aromatic heterocycles. The Hall–Kier alpha value is -2.19. The number of hydrogen-bond donors (Lipinski definition) is 2. The summed E-state index contributed by atoms with van der Waals surface area (Å²) in [5.74, 6) is 0.133. The molecule has 8 heteroatoms. The van der Waals surface area contributed by atoms with E-state index in [1.54, 1.807) is 42.5 Å². The summed E-state index contributed by atoms with van der Waals surface area (Å²) in [5, 5.41) is 5.93. The summed E-state index contributed by atoms with van der Waals surface area (Å²) in [6.07, 6.45) is 1.10. The van der Waals surface area contributed by atoms with Crippen LogP contribution >= 0.6 is 11.3 Å². The van der Waals surface area contributed by atoms with Gasteiger partial charge in [0.05, 0.1) is 17.5 Å². The van der Waals surface area contributed by atoms with Crippen LogP contribution in [0, 0.1) is 0 Å². The Bertz CT molecular complexity index is 882. The van der Waals surface area contributed by atoms with Gasteiger partial charge in [-0.25, -0.2) is 13.8 Å². The van der Waals surface area contributed by atoms with Crippen molar-refractivity contribution in [3.8, 4) is 0 Å². The maximum Gasteiger partial charge on any atom is 0.272 e. The predicted octanol–water partition coefficient (Wildman–Crippen LogP) is 3.40. The molecule has 0 unspecified atom stereocenters. The lowest BCUT2D eigenvalue weighted by atomic mass is 10.1. The van der Waals surface area contributed by atoms with Gasteiger partial charge in [0.15, 0.2) is 0 Å². The molecule has 134 valence electrons. The minimum atomic E-state index is -3.30. The van der Waals surface area contributed by atoms with Gasteiger partial charge < -0.3 is 0 Å². The van der Waals surface area contributed by atoms with Crippen LogP contribution in [0.5, 0.6) is 0 Å². The van der Waals surface area contributed by atoms with Gasteiger partial charge in [-0.15, -0.1) is 11.3 Å². The van der Waals surface area contributed by atoms with Crippen molar-refractivity contribution in [2.45, 2.75) is 26.7 Å². The van der Waals surface area contributed by atoms with Gasteiger partial charge in [0, 0.05) is 15.9 Å². The van der Waals surface area contributed by atoms with Crippen LogP contribution in [0.15, 0.2) is 40.8 Å². The fourth-order valence-corrected chi connectivity index (χ4v) is 3.50. The van der Waals surface area contributed by atoms with Crippen LogP contribution in [0.25, 0.3) is 0 Å². The summed E-state index contributed by atoms with van der Waals surface area (Å²) in [6, 6.07) is 8.64. The number of thiophene rings is 1. The van der Waals surface area contributed by atoms with Crippen LogP contribution in [0.1, 0.15) is 47.5 Å². The molecule has 0 bridgehead atoms. The van der Waals surface area contributed by atoms with Crippen LogP contribution < -0.4 is 10.1 Å². The highest BCUT2D eigenvalue weighted by Gasteiger charge is 2.10. The zero-order chi connectivity index (χ0) is 18.6. The predicted molar refractivity (Wildman–Crippen MR) is 103 cm³/mol.